The van der Waals surface area contributed by atoms with Crippen molar-refractivity contribution in [1.82, 2.24) is 14.5 Å². The summed E-state index contributed by atoms with van der Waals surface area (Å²) >= 11 is 1.72. The molecule has 150 valence electrons. The number of hydrogen-bond donors (Lipinski definition) is 3. The Morgan fingerprint density at radius 2 is 2.11 bits per heavy atom. The van der Waals surface area contributed by atoms with E-state index < -0.39 is 31.4 Å². The first-order chi connectivity index (χ1) is 12.7. The quantitative estimate of drug-likeness (QED) is 0.597. The molecule has 1 fully saturated rings. The Balaban J connectivity index is 1.95. The molecule has 2 aromatic rings. The van der Waals surface area contributed by atoms with Crippen LogP contribution in [-0.2, 0) is 10.5 Å². The van der Waals surface area contributed by atoms with E-state index in [0.29, 0.717) is 29.0 Å². The van der Waals surface area contributed by atoms with Crippen LogP contribution in [0.15, 0.2) is 12.3 Å². The van der Waals surface area contributed by atoms with Gasteiger partial charge >= 0.3 is 0 Å². The average molecular weight is 412 g/mol. The molecule has 4 atom stereocenters. The summed E-state index contributed by atoms with van der Waals surface area (Å²) in [6.45, 7) is 5.14. The fourth-order valence-corrected chi connectivity index (χ4v) is 4.82. The molecule has 0 bridgehead atoms. The molecule has 0 aromatic carbocycles. The van der Waals surface area contributed by atoms with E-state index in [0.717, 1.165) is 17.7 Å². The molecule has 1 aliphatic rings. The van der Waals surface area contributed by atoms with E-state index in [1.54, 1.807) is 28.6 Å². The summed E-state index contributed by atoms with van der Waals surface area (Å²) in [5.41, 5.74) is 7.78. The van der Waals surface area contributed by atoms with Gasteiger partial charge in [0.15, 0.2) is 11.9 Å². The van der Waals surface area contributed by atoms with Gasteiger partial charge in [-0.25, -0.2) is 9.97 Å². The molecule has 0 radical (unpaired) electrons. The predicted molar refractivity (Wildman–Crippen MR) is 115 cm³/mol. The third-order valence-electron chi connectivity index (χ3n) is 4.73. The highest BCUT2D eigenvalue weighted by Gasteiger charge is 2.44. The van der Waals surface area contributed by atoms with Crippen molar-refractivity contribution in [3.8, 4) is 0 Å². The number of aromatic nitrogens is 3. The van der Waals surface area contributed by atoms with Crippen molar-refractivity contribution in [1.29, 1.82) is 0 Å². The van der Waals surface area contributed by atoms with Gasteiger partial charge in [-0.1, -0.05) is 6.92 Å². The van der Waals surface area contributed by atoms with Crippen LogP contribution in [0, 0.1) is 0 Å². The van der Waals surface area contributed by atoms with Gasteiger partial charge in [0.25, 0.3) is 0 Å². The summed E-state index contributed by atoms with van der Waals surface area (Å²) in [7, 11) is 0. The Labute approximate surface area is 164 Å². The smallest absolute Gasteiger partial charge is 0.166 e. The lowest BCUT2D eigenvalue weighted by molar-refractivity contribution is -0.0364. The van der Waals surface area contributed by atoms with Crippen molar-refractivity contribution in [3.05, 3.63) is 18.1 Å². The maximum absolute atomic E-state index is 10.7. The number of thioether (sulfide) groups is 1. The number of aliphatic hydroxyl groups excluding tert-OH is 2. The lowest BCUT2D eigenvalue weighted by Gasteiger charge is -2.20. The van der Waals surface area contributed by atoms with Gasteiger partial charge in [0.2, 0.25) is 0 Å². The number of imidazole rings is 1. The molecule has 4 N–H and O–H groups in total. The maximum atomic E-state index is 10.7. The van der Waals surface area contributed by atoms with Gasteiger partial charge in [-0.05, 0) is 37.7 Å². The number of nitrogens with two attached hydrogens (primary N) is 1. The normalized spacial score (nSPS) is 26.1. The second-order valence-electron chi connectivity index (χ2n) is 7.60. The lowest BCUT2D eigenvalue weighted by Crippen LogP contribution is -2.32. The zero-order valence-corrected chi connectivity index (χ0v) is 17.8. The number of anilines is 1. The van der Waals surface area contributed by atoms with Crippen LogP contribution in [0.4, 0.5) is 5.69 Å². The van der Waals surface area contributed by atoms with Crippen molar-refractivity contribution in [2.24, 2.45) is 0 Å². The molecule has 0 amide bonds. The van der Waals surface area contributed by atoms with Gasteiger partial charge in [0.1, 0.15) is 23.5 Å². The van der Waals surface area contributed by atoms with Crippen LogP contribution in [-0.4, -0.2) is 74.6 Å². The fraction of sp³-hybridized carbons (Fsp3) is 0.611. The first kappa shape index (κ1) is 20.7. The molecule has 27 heavy (non-hydrogen) atoms. The van der Waals surface area contributed by atoms with Crippen molar-refractivity contribution < 1.29 is 14.9 Å². The van der Waals surface area contributed by atoms with E-state index in [4.69, 9.17) is 10.5 Å². The molecule has 0 spiro atoms. The van der Waals surface area contributed by atoms with Gasteiger partial charge < -0.3 is 20.7 Å². The third kappa shape index (κ3) is 4.35. The van der Waals surface area contributed by atoms with E-state index in [-0.39, 0.29) is 0 Å². The molecule has 2 aromatic heterocycles. The molecule has 1 saturated heterocycles. The third-order valence-corrected chi connectivity index (χ3v) is 7.07. The highest BCUT2D eigenvalue weighted by atomic mass is 32.2. The number of fused-ring (bicyclic) bond motifs is 1. The Kier molecular flexibility index (Phi) is 6.23. The molecule has 3 rings (SSSR count). The summed E-state index contributed by atoms with van der Waals surface area (Å²) in [5, 5.41) is 21.3. The predicted octanol–water partition coefficient (Wildman–Crippen LogP) is 1.99. The van der Waals surface area contributed by atoms with Crippen LogP contribution >= 0.6 is 18.6 Å². The van der Waals surface area contributed by atoms with Crippen molar-refractivity contribution >= 4 is 41.8 Å². The zero-order chi connectivity index (χ0) is 19.8. The van der Waals surface area contributed by atoms with Crippen LogP contribution in [0.1, 0.15) is 25.4 Å². The summed E-state index contributed by atoms with van der Waals surface area (Å²) in [4.78, 5) is 9.06. The van der Waals surface area contributed by atoms with Crippen molar-refractivity contribution in [3.63, 3.8) is 0 Å². The van der Waals surface area contributed by atoms with Gasteiger partial charge in [-0.15, -0.1) is 13.2 Å². The second-order valence-corrected chi connectivity index (χ2v) is 13.2. The minimum Gasteiger partial charge on any atom is -0.397 e. The number of nitrogens with zero attached hydrogens (tertiary/aromatic N) is 3. The minimum absolute atomic E-state index is 0.434. The molecule has 0 saturated carbocycles. The van der Waals surface area contributed by atoms with Crippen LogP contribution in [0.5, 0.6) is 0 Å². The highest BCUT2D eigenvalue weighted by molar-refractivity contribution is 7.98. The molecular formula is C18H29N4O3PS. The number of aliphatic hydroxyl groups is 2. The van der Waals surface area contributed by atoms with Gasteiger partial charge in [0, 0.05) is 6.20 Å². The number of pyridine rings is 1. The summed E-state index contributed by atoms with van der Waals surface area (Å²) < 4.78 is 7.92. The minimum atomic E-state index is -1.24. The Hall–Kier alpha value is -1.05. The number of nitrogen functional groups attached to an aromatic ring is 1. The van der Waals surface area contributed by atoms with Crippen LogP contribution in [0.3, 0.4) is 0 Å². The van der Waals surface area contributed by atoms with Gasteiger partial charge in [-0.3, -0.25) is 4.57 Å². The number of hydrogen-bond acceptors (Lipinski definition) is 7. The molecule has 7 nitrogen and oxygen atoms in total. The van der Waals surface area contributed by atoms with E-state index >= 15 is 0 Å². The molecule has 1 unspecified atom stereocenters. The maximum Gasteiger partial charge on any atom is 0.166 e. The van der Waals surface area contributed by atoms with Crippen molar-refractivity contribution in [2.75, 3.05) is 31.0 Å². The number of rotatable bonds is 7. The standard InChI is InChI=1S/C18H29N4O3PS/c1-5-27-10-13-21-14-11(19)6-8-20-17(14)22(13)18-16(24)15(23)12(25-18)7-9-26(2,3)4/h6,8,12,15-16,18,23-24H,2,5,7,9-10H2,1,3-4H3,(H2,19,20)/t12-,15-,16-,18?/m1/s1. The van der Waals surface area contributed by atoms with Crippen LogP contribution in [0.2, 0.25) is 0 Å². The highest BCUT2D eigenvalue weighted by Crippen LogP contribution is 2.40. The van der Waals surface area contributed by atoms with Crippen LogP contribution < -0.4 is 5.73 Å². The zero-order valence-electron chi connectivity index (χ0n) is 16.1. The van der Waals surface area contributed by atoms with E-state index in [9.17, 15) is 10.2 Å². The van der Waals surface area contributed by atoms with Gasteiger partial charge in [-0.2, -0.15) is 11.8 Å². The number of ether oxygens (including phenoxy) is 1. The monoisotopic (exact) mass is 412 g/mol. The van der Waals surface area contributed by atoms with Crippen LogP contribution in [0.25, 0.3) is 11.2 Å². The van der Waals surface area contributed by atoms with E-state index in [1.165, 1.54) is 0 Å². The van der Waals surface area contributed by atoms with Gasteiger partial charge in [0.05, 0.1) is 17.5 Å². The van der Waals surface area contributed by atoms with E-state index in [2.05, 4.69) is 36.5 Å². The fourth-order valence-electron chi connectivity index (χ4n) is 3.27. The molecule has 9 heteroatoms. The Morgan fingerprint density at radius 3 is 2.78 bits per heavy atom. The lowest BCUT2D eigenvalue weighted by atomic mass is 10.1. The van der Waals surface area contributed by atoms with E-state index in [1.807, 2.05) is 0 Å². The largest absolute Gasteiger partial charge is 0.397 e. The molecular weight excluding hydrogens is 383 g/mol. The molecule has 1 aliphatic heterocycles. The molecule has 3 heterocycles. The Bertz CT molecular complexity index is 852. The first-order valence-corrected chi connectivity index (χ1v) is 13.3. The average Bonchev–Trinajstić information content (AvgIpc) is 3.10. The molecule has 0 aliphatic carbocycles. The first-order valence-electron chi connectivity index (χ1n) is 9.11. The second kappa shape index (κ2) is 8.13. The SMILES string of the molecule is C=P(C)(C)CC[C@H]1OC(n2c(CSCC)nc3c(N)ccnc32)[C@H](O)[C@@H]1O. The summed E-state index contributed by atoms with van der Waals surface area (Å²) in [6.07, 6.45) is 4.23. The topological polar surface area (TPSA) is 106 Å². The Morgan fingerprint density at radius 1 is 1.37 bits per heavy atom. The summed E-state index contributed by atoms with van der Waals surface area (Å²) in [6, 6.07) is 1.71. The summed E-state index contributed by atoms with van der Waals surface area (Å²) in [5.74, 6) is 2.33. The van der Waals surface area contributed by atoms with Crippen molar-refractivity contribution in [2.45, 2.75) is 43.6 Å².